The van der Waals surface area contributed by atoms with E-state index in [1.54, 1.807) is 0 Å². The fourth-order valence-electron chi connectivity index (χ4n) is 2.95. The van der Waals surface area contributed by atoms with Crippen molar-refractivity contribution in [1.82, 2.24) is 4.31 Å². The van der Waals surface area contributed by atoms with Crippen LogP contribution in [0.2, 0.25) is 4.34 Å². The molecule has 3 rings (SSSR count). The zero-order chi connectivity index (χ0) is 20.5. The molecular formula is C16H16ClN3O6S2. The van der Waals surface area contributed by atoms with Crippen molar-refractivity contribution in [2.45, 2.75) is 23.1 Å². The van der Waals surface area contributed by atoms with Gasteiger partial charge in [-0.25, -0.2) is 8.42 Å². The summed E-state index contributed by atoms with van der Waals surface area (Å²) in [6.45, 7) is 0.216. The predicted octanol–water partition coefficient (Wildman–Crippen LogP) is 3.11. The molecule has 0 spiro atoms. The summed E-state index contributed by atoms with van der Waals surface area (Å²) in [4.78, 5) is 23.1. The average Bonchev–Trinajstić information content (AvgIpc) is 3.31. The third-order valence-electron chi connectivity index (χ3n) is 4.27. The second-order valence-corrected chi connectivity index (χ2v) is 9.80. The van der Waals surface area contributed by atoms with Crippen molar-refractivity contribution in [2.24, 2.45) is 0 Å². The van der Waals surface area contributed by atoms with E-state index >= 15 is 0 Å². The van der Waals surface area contributed by atoms with Gasteiger partial charge in [-0.3, -0.25) is 14.9 Å². The first-order valence-corrected chi connectivity index (χ1v) is 10.8. The highest BCUT2D eigenvalue weighted by atomic mass is 35.5. The molecule has 1 aromatic heterocycles. The van der Waals surface area contributed by atoms with E-state index in [2.05, 4.69) is 5.32 Å². The number of carbonyl (C=O) groups excluding carboxylic acids is 1. The molecule has 2 heterocycles. The van der Waals surface area contributed by atoms with Gasteiger partial charge >= 0.3 is 0 Å². The zero-order valence-electron chi connectivity index (χ0n) is 14.6. The fraction of sp³-hybridized carbons (Fsp3) is 0.312. The largest absolute Gasteiger partial charge is 0.494 e. The zero-order valence-corrected chi connectivity index (χ0v) is 17.0. The number of hydrogen-bond donors (Lipinski definition) is 1. The van der Waals surface area contributed by atoms with E-state index < -0.39 is 26.9 Å². The van der Waals surface area contributed by atoms with E-state index in [0.29, 0.717) is 17.2 Å². The highest BCUT2D eigenvalue weighted by Gasteiger charge is 2.40. The number of methoxy groups -OCH3 is 1. The van der Waals surface area contributed by atoms with E-state index in [1.807, 2.05) is 0 Å². The van der Waals surface area contributed by atoms with Gasteiger partial charge in [-0.05, 0) is 31.0 Å². The predicted molar refractivity (Wildman–Crippen MR) is 105 cm³/mol. The van der Waals surface area contributed by atoms with Crippen molar-refractivity contribution < 1.29 is 22.9 Å². The number of thiophene rings is 1. The third kappa shape index (κ3) is 3.97. The lowest BCUT2D eigenvalue weighted by Gasteiger charge is -2.23. The van der Waals surface area contributed by atoms with Crippen molar-refractivity contribution in [2.75, 3.05) is 19.0 Å². The van der Waals surface area contributed by atoms with E-state index in [-0.39, 0.29) is 27.9 Å². The van der Waals surface area contributed by atoms with Gasteiger partial charge in [-0.2, -0.15) is 4.31 Å². The van der Waals surface area contributed by atoms with Crippen molar-refractivity contribution in [3.05, 3.63) is 44.8 Å². The van der Waals surface area contributed by atoms with E-state index in [1.165, 1.54) is 37.4 Å². The third-order valence-corrected chi connectivity index (χ3v) is 7.88. The van der Waals surface area contributed by atoms with Gasteiger partial charge in [0.15, 0.2) is 0 Å². The molecule has 0 bridgehead atoms. The maximum Gasteiger partial charge on any atom is 0.273 e. The second-order valence-electron chi connectivity index (χ2n) is 5.96. The van der Waals surface area contributed by atoms with Gasteiger partial charge in [-0.1, -0.05) is 11.6 Å². The highest BCUT2D eigenvalue weighted by Crippen LogP contribution is 2.34. The minimum absolute atomic E-state index is 0.0742. The Bertz CT molecular complexity index is 1020. The van der Waals surface area contributed by atoms with Crippen LogP contribution in [-0.2, 0) is 14.8 Å². The average molecular weight is 446 g/mol. The fourth-order valence-corrected chi connectivity index (χ4v) is 6.22. The quantitative estimate of drug-likeness (QED) is 0.539. The van der Waals surface area contributed by atoms with Crippen molar-refractivity contribution in [1.29, 1.82) is 0 Å². The lowest BCUT2D eigenvalue weighted by molar-refractivity contribution is -0.384. The van der Waals surface area contributed by atoms with E-state index in [9.17, 15) is 23.3 Å². The van der Waals surface area contributed by atoms with Crippen LogP contribution in [0.15, 0.2) is 34.5 Å². The molecule has 1 saturated heterocycles. The minimum atomic E-state index is -3.85. The molecule has 28 heavy (non-hydrogen) atoms. The number of nitrogens with one attached hydrogen (secondary N) is 1. The number of non-ortho nitro benzene ring substituents is 1. The standard InChI is InChI=1S/C16H16ClN3O6S2/c1-26-13-9-10(20(22)23)4-5-11(13)18-16(21)12-3-2-8-19(12)28(24,25)15-7-6-14(17)27-15/h4-7,9,12H,2-3,8H2,1H3,(H,18,21)/t12-/m0/s1. The van der Waals surface area contributed by atoms with Crippen molar-refractivity contribution in [3.8, 4) is 5.75 Å². The molecule has 1 atom stereocenters. The molecule has 9 nitrogen and oxygen atoms in total. The lowest BCUT2D eigenvalue weighted by Crippen LogP contribution is -2.42. The number of benzene rings is 1. The maximum atomic E-state index is 12.9. The number of halogens is 1. The number of carbonyl (C=O) groups is 1. The first-order chi connectivity index (χ1) is 13.2. The molecule has 1 aromatic carbocycles. The monoisotopic (exact) mass is 445 g/mol. The second kappa shape index (κ2) is 8.03. The molecule has 0 radical (unpaired) electrons. The number of hydrogen-bond acceptors (Lipinski definition) is 7. The van der Waals surface area contributed by atoms with Crippen LogP contribution in [-0.4, -0.2) is 43.2 Å². The van der Waals surface area contributed by atoms with Crippen molar-refractivity contribution >= 4 is 50.2 Å². The Kier molecular flexibility index (Phi) is 5.89. The van der Waals surface area contributed by atoms with Crippen LogP contribution in [0.5, 0.6) is 5.75 Å². The Morgan fingerprint density at radius 3 is 2.75 bits per heavy atom. The lowest BCUT2D eigenvalue weighted by atomic mass is 10.2. The summed E-state index contributed by atoms with van der Waals surface area (Å²) in [6, 6.07) is 5.77. The molecule has 0 saturated carbocycles. The number of sulfonamides is 1. The molecule has 0 unspecified atom stereocenters. The Balaban J connectivity index is 1.83. The number of anilines is 1. The molecule has 2 aromatic rings. The summed E-state index contributed by atoms with van der Waals surface area (Å²) in [6.07, 6.45) is 0.896. The summed E-state index contributed by atoms with van der Waals surface area (Å²) < 4.78 is 32.4. The first kappa shape index (κ1) is 20.5. The van der Waals surface area contributed by atoms with Gasteiger partial charge in [-0.15, -0.1) is 11.3 Å². The SMILES string of the molecule is COc1cc([N+](=O)[O-])ccc1NC(=O)[C@@H]1CCCN1S(=O)(=O)c1ccc(Cl)s1. The van der Waals surface area contributed by atoms with Gasteiger partial charge in [0.2, 0.25) is 5.91 Å². The Morgan fingerprint density at radius 2 is 2.14 bits per heavy atom. The Labute approximate surface area is 170 Å². The molecule has 150 valence electrons. The summed E-state index contributed by atoms with van der Waals surface area (Å²) in [5, 5.41) is 13.5. The van der Waals surface area contributed by atoms with Gasteiger partial charge in [0, 0.05) is 12.6 Å². The molecule has 12 heteroatoms. The van der Waals surface area contributed by atoms with E-state index in [0.717, 1.165) is 15.6 Å². The maximum absolute atomic E-state index is 12.9. The smallest absolute Gasteiger partial charge is 0.273 e. The minimum Gasteiger partial charge on any atom is -0.494 e. The number of ether oxygens (including phenoxy) is 1. The molecule has 0 aliphatic carbocycles. The number of nitro groups is 1. The van der Waals surface area contributed by atoms with Crippen LogP contribution in [0.25, 0.3) is 0 Å². The first-order valence-electron chi connectivity index (χ1n) is 8.14. The van der Waals surface area contributed by atoms with Crippen LogP contribution < -0.4 is 10.1 Å². The molecular weight excluding hydrogens is 430 g/mol. The van der Waals surface area contributed by atoms with Crippen LogP contribution >= 0.6 is 22.9 Å². The van der Waals surface area contributed by atoms with Gasteiger partial charge in [0.05, 0.1) is 28.1 Å². The summed E-state index contributed by atoms with van der Waals surface area (Å²) in [5.74, 6) is -0.420. The Hall–Kier alpha value is -2.21. The summed E-state index contributed by atoms with van der Waals surface area (Å²) >= 11 is 6.77. The molecule has 1 N–H and O–H groups in total. The van der Waals surface area contributed by atoms with Crippen LogP contribution in [0.3, 0.4) is 0 Å². The van der Waals surface area contributed by atoms with Gasteiger partial charge < -0.3 is 10.1 Å². The number of nitro benzene ring substituents is 1. The number of nitrogens with zero attached hydrogens (tertiary/aromatic N) is 2. The Morgan fingerprint density at radius 1 is 1.39 bits per heavy atom. The van der Waals surface area contributed by atoms with E-state index in [4.69, 9.17) is 16.3 Å². The highest BCUT2D eigenvalue weighted by molar-refractivity contribution is 7.91. The molecule has 1 aliphatic heterocycles. The van der Waals surface area contributed by atoms with Crippen LogP contribution in [0, 0.1) is 10.1 Å². The van der Waals surface area contributed by atoms with Gasteiger partial charge in [0.25, 0.3) is 15.7 Å². The number of rotatable bonds is 6. The van der Waals surface area contributed by atoms with Crippen LogP contribution in [0.4, 0.5) is 11.4 Å². The molecule has 1 amide bonds. The topological polar surface area (TPSA) is 119 Å². The molecule has 1 aliphatic rings. The van der Waals surface area contributed by atoms with Gasteiger partial charge in [0.1, 0.15) is 16.0 Å². The number of amides is 1. The molecule has 1 fully saturated rings. The summed E-state index contributed by atoms with van der Waals surface area (Å²) in [7, 11) is -2.53. The van der Waals surface area contributed by atoms with Crippen molar-refractivity contribution in [3.63, 3.8) is 0 Å². The normalized spacial score (nSPS) is 17.4. The van der Waals surface area contributed by atoms with Crippen LogP contribution in [0.1, 0.15) is 12.8 Å². The summed E-state index contributed by atoms with van der Waals surface area (Å²) in [5.41, 5.74) is 0.0380.